The van der Waals surface area contributed by atoms with Gasteiger partial charge in [0.15, 0.2) is 6.29 Å². The van der Waals surface area contributed by atoms with Crippen LogP contribution in [0.4, 0.5) is 0 Å². The van der Waals surface area contributed by atoms with Crippen molar-refractivity contribution >= 4 is 0 Å². The molecule has 0 radical (unpaired) electrons. The summed E-state index contributed by atoms with van der Waals surface area (Å²) in [7, 11) is 0. The normalized spacial score (nSPS) is 16.0. The molecule has 16 heavy (non-hydrogen) atoms. The van der Waals surface area contributed by atoms with Crippen molar-refractivity contribution in [1.29, 1.82) is 0 Å². The third-order valence-corrected chi connectivity index (χ3v) is 2.31. The lowest BCUT2D eigenvalue weighted by Gasteiger charge is -2.27. The van der Waals surface area contributed by atoms with Gasteiger partial charge in [0, 0.05) is 6.61 Å². The molecule has 0 heterocycles. The van der Waals surface area contributed by atoms with Gasteiger partial charge in [0.2, 0.25) is 0 Å². The second-order valence-corrected chi connectivity index (χ2v) is 4.34. The van der Waals surface area contributed by atoms with E-state index in [2.05, 4.69) is 25.8 Å². The van der Waals surface area contributed by atoms with Crippen LogP contribution < -0.4 is 0 Å². The largest absolute Gasteiger partial charge is 0.353 e. The highest BCUT2D eigenvalue weighted by atomic mass is 16.7. The molecule has 0 bridgehead atoms. The molecule has 0 aromatic carbocycles. The van der Waals surface area contributed by atoms with E-state index < -0.39 is 5.60 Å². The Bertz CT molecular complexity index is 258. The lowest BCUT2D eigenvalue weighted by molar-refractivity contribution is -0.176. The van der Waals surface area contributed by atoms with E-state index in [1.807, 2.05) is 20.8 Å². The van der Waals surface area contributed by atoms with Crippen molar-refractivity contribution in [3.8, 4) is 12.3 Å². The summed E-state index contributed by atoms with van der Waals surface area (Å²) in [5, 5.41) is 0. The third-order valence-electron chi connectivity index (χ3n) is 2.31. The van der Waals surface area contributed by atoms with Crippen LogP contribution in [-0.2, 0) is 9.47 Å². The molecule has 2 nitrogen and oxygen atoms in total. The van der Waals surface area contributed by atoms with E-state index >= 15 is 0 Å². The average molecular weight is 224 g/mol. The second kappa shape index (κ2) is 7.49. The quantitative estimate of drug-likeness (QED) is 0.374. The van der Waals surface area contributed by atoms with Crippen molar-refractivity contribution in [2.75, 3.05) is 6.61 Å². The molecule has 0 aliphatic heterocycles. The molecule has 0 saturated heterocycles. The van der Waals surface area contributed by atoms with Gasteiger partial charge in [-0.25, -0.2) is 0 Å². The van der Waals surface area contributed by atoms with E-state index in [1.54, 1.807) is 0 Å². The van der Waals surface area contributed by atoms with Gasteiger partial charge in [-0.05, 0) is 47.5 Å². The van der Waals surface area contributed by atoms with Crippen LogP contribution in [0.15, 0.2) is 11.6 Å². The monoisotopic (exact) mass is 224 g/mol. The summed E-state index contributed by atoms with van der Waals surface area (Å²) in [5.41, 5.74) is 0.762. The molecule has 0 saturated carbocycles. The zero-order valence-electron chi connectivity index (χ0n) is 11.2. The Morgan fingerprint density at radius 2 is 2.12 bits per heavy atom. The smallest absolute Gasteiger partial charge is 0.156 e. The molecule has 0 N–H and O–H groups in total. The van der Waals surface area contributed by atoms with Crippen molar-refractivity contribution in [1.82, 2.24) is 0 Å². The number of hydrogen-bond donors (Lipinski definition) is 0. The Labute approximate surface area is 100 Å². The number of rotatable bonds is 7. The van der Waals surface area contributed by atoms with Crippen molar-refractivity contribution < 1.29 is 9.47 Å². The molecular formula is C14H24O2. The zero-order chi connectivity index (χ0) is 12.6. The molecule has 0 amide bonds. The molecular weight excluding hydrogens is 200 g/mol. The fourth-order valence-electron chi connectivity index (χ4n) is 1.44. The zero-order valence-corrected chi connectivity index (χ0v) is 11.2. The van der Waals surface area contributed by atoms with Crippen molar-refractivity contribution in [3.63, 3.8) is 0 Å². The lowest BCUT2D eigenvalue weighted by atomic mass is 10.00. The summed E-state index contributed by atoms with van der Waals surface area (Å²) in [6.45, 7) is 10.5. The van der Waals surface area contributed by atoms with E-state index in [9.17, 15) is 0 Å². The molecule has 0 aliphatic carbocycles. The van der Waals surface area contributed by atoms with Gasteiger partial charge in [-0.2, -0.15) is 0 Å². The molecule has 0 unspecified atom stereocenters. The van der Waals surface area contributed by atoms with Gasteiger partial charge >= 0.3 is 0 Å². The minimum absolute atomic E-state index is 0.252. The van der Waals surface area contributed by atoms with E-state index in [0.29, 0.717) is 6.61 Å². The Kier molecular flexibility index (Phi) is 7.12. The average Bonchev–Trinajstić information content (AvgIpc) is 2.17. The molecule has 0 rings (SSSR count). The van der Waals surface area contributed by atoms with Gasteiger partial charge in [0.25, 0.3) is 0 Å². The number of terminal acetylenes is 1. The predicted octanol–water partition coefficient (Wildman–Crippen LogP) is 3.52. The maximum atomic E-state index is 5.72. The number of hydrogen-bond acceptors (Lipinski definition) is 2. The first-order valence-corrected chi connectivity index (χ1v) is 5.84. The molecule has 0 spiro atoms. The summed E-state index contributed by atoms with van der Waals surface area (Å²) in [4.78, 5) is 0. The first kappa shape index (κ1) is 15.2. The summed E-state index contributed by atoms with van der Waals surface area (Å²) >= 11 is 0. The molecule has 2 heteroatoms. The second-order valence-electron chi connectivity index (χ2n) is 4.34. The van der Waals surface area contributed by atoms with Crippen LogP contribution in [0.2, 0.25) is 0 Å². The van der Waals surface area contributed by atoms with Crippen LogP contribution in [0.1, 0.15) is 47.5 Å². The Morgan fingerprint density at radius 1 is 1.50 bits per heavy atom. The summed E-state index contributed by atoms with van der Waals surface area (Å²) < 4.78 is 11.1. The molecule has 0 fully saturated rings. The van der Waals surface area contributed by atoms with Crippen molar-refractivity contribution in [2.24, 2.45) is 0 Å². The van der Waals surface area contributed by atoms with Crippen LogP contribution in [0.3, 0.4) is 0 Å². The highest BCUT2D eigenvalue weighted by molar-refractivity contribution is 5.07. The van der Waals surface area contributed by atoms with Gasteiger partial charge in [0.05, 0.1) is 0 Å². The van der Waals surface area contributed by atoms with E-state index in [0.717, 1.165) is 12.8 Å². The standard InChI is InChI=1S/C14H24O2/c1-7-14(6,11-9-10-12(3)4)16-13(5)15-8-2/h1,10,13H,8-9,11H2,2-6H3/t13-,14-/m1/s1. The third kappa shape index (κ3) is 6.66. The Hall–Kier alpha value is -0.780. The van der Waals surface area contributed by atoms with Gasteiger partial charge in [-0.15, -0.1) is 6.42 Å². The first-order valence-electron chi connectivity index (χ1n) is 5.84. The maximum absolute atomic E-state index is 5.72. The Morgan fingerprint density at radius 3 is 2.56 bits per heavy atom. The highest BCUT2D eigenvalue weighted by Gasteiger charge is 2.24. The molecule has 0 aromatic heterocycles. The topological polar surface area (TPSA) is 18.5 Å². The van der Waals surface area contributed by atoms with Gasteiger partial charge in [-0.3, -0.25) is 0 Å². The maximum Gasteiger partial charge on any atom is 0.156 e. The van der Waals surface area contributed by atoms with Crippen LogP contribution in [0.5, 0.6) is 0 Å². The van der Waals surface area contributed by atoms with Gasteiger partial charge in [0.1, 0.15) is 5.60 Å². The van der Waals surface area contributed by atoms with Crippen LogP contribution in [0.25, 0.3) is 0 Å². The first-order chi connectivity index (χ1) is 7.43. The SMILES string of the molecule is C#C[C@](C)(CCC=C(C)C)O[C@H](C)OCC. The van der Waals surface area contributed by atoms with E-state index in [-0.39, 0.29) is 6.29 Å². The van der Waals surface area contributed by atoms with Gasteiger partial charge in [-0.1, -0.05) is 17.6 Å². The number of ether oxygens (including phenoxy) is 2. The minimum atomic E-state index is -0.541. The van der Waals surface area contributed by atoms with Crippen molar-refractivity contribution in [3.05, 3.63) is 11.6 Å². The fraction of sp³-hybridized carbons (Fsp3) is 0.714. The highest BCUT2D eigenvalue weighted by Crippen LogP contribution is 2.20. The summed E-state index contributed by atoms with van der Waals surface area (Å²) in [5.74, 6) is 2.71. The van der Waals surface area contributed by atoms with E-state index in [4.69, 9.17) is 15.9 Å². The molecule has 0 aromatic rings. The fourth-order valence-corrected chi connectivity index (χ4v) is 1.44. The van der Waals surface area contributed by atoms with Crippen molar-refractivity contribution in [2.45, 2.75) is 59.4 Å². The van der Waals surface area contributed by atoms with Crippen LogP contribution in [0, 0.1) is 12.3 Å². The van der Waals surface area contributed by atoms with Gasteiger partial charge < -0.3 is 9.47 Å². The number of allylic oxidation sites excluding steroid dienone is 2. The van der Waals surface area contributed by atoms with E-state index in [1.165, 1.54) is 5.57 Å². The minimum Gasteiger partial charge on any atom is -0.353 e. The molecule has 92 valence electrons. The predicted molar refractivity (Wildman–Crippen MR) is 68.1 cm³/mol. The summed E-state index contributed by atoms with van der Waals surface area (Å²) in [6.07, 6.45) is 9.18. The molecule has 2 atom stereocenters. The van der Waals surface area contributed by atoms with Crippen LogP contribution >= 0.6 is 0 Å². The lowest BCUT2D eigenvalue weighted by Crippen LogP contribution is -2.32. The Balaban J connectivity index is 4.21. The molecule has 0 aliphatic rings. The van der Waals surface area contributed by atoms with Crippen LogP contribution in [-0.4, -0.2) is 18.5 Å². The summed E-state index contributed by atoms with van der Waals surface area (Å²) in [6, 6.07) is 0.